The third-order valence-electron chi connectivity index (χ3n) is 0.838. The van der Waals surface area contributed by atoms with Crippen molar-refractivity contribution in [3.63, 3.8) is 0 Å². The van der Waals surface area contributed by atoms with Crippen LogP contribution in [0.2, 0.25) is 0 Å². The highest BCUT2D eigenvalue weighted by atomic mass is 79.9. The van der Waals surface area contributed by atoms with Crippen LogP contribution in [0.3, 0.4) is 0 Å². The van der Waals surface area contributed by atoms with E-state index in [-0.39, 0.29) is 0 Å². The molecule has 0 spiro atoms. The molecule has 2 N–H and O–H groups in total. The monoisotopic (exact) mass is 190 g/mol. The Balaban J connectivity index is 2.61. The molecular formula is C4H7BrN4. The first-order valence-corrected chi connectivity index (χ1v) is 3.38. The van der Waals surface area contributed by atoms with Crippen LogP contribution < -0.4 is 5.73 Å². The summed E-state index contributed by atoms with van der Waals surface area (Å²) in [5.41, 5.74) is 5.25. The lowest BCUT2D eigenvalue weighted by molar-refractivity contribution is 0.543. The van der Waals surface area contributed by atoms with E-state index in [0.717, 1.165) is 4.60 Å². The molecule has 0 aromatic carbocycles. The fourth-order valence-electron chi connectivity index (χ4n) is 0.499. The number of nitrogens with two attached hydrogens (primary N) is 1. The van der Waals surface area contributed by atoms with Gasteiger partial charge < -0.3 is 5.73 Å². The minimum Gasteiger partial charge on any atom is -0.329 e. The summed E-state index contributed by atoms with van der Waals surface area (Å²) in [5, 5.41) is 7.83. The van der Waals surface area contributed by atoms with Gasteiger partial charge in [-0.15, -0.1) is 5.10 Å². The average molecular weight is 191 g/mol. The highest BCUT2D eigenvalue weighted by Crippen LogP contribution is 1.99. The van der Waals surface area contributed by atoms with Crippen LogP contribution in [0.4, 0.5) is 0 Å². The van der Waals surface area contributed by atoms with Gasteiger partial charge in [0.15, 0.2) is 0 Å². The molecule has 1 aromatic heterocycles. The quantitative estimate of drug-likeness (QED) is 0.715. The van der Waals surface area contributed by atoms with Gasteiger partial charge >= 0.3 is 0 Å². The summed E-state index contributed by atoms with van der Waals surface area (Å²) >= 11 is 3.17. The minimum absolute atomic E-state index is 0.571. The number of nitrogens with zero attached hydrogens (tertiary/aromatic N) is 3. The largest absolute Gasteiger partial charge is 0.329 e. The molecule has 5 heteroatoms. The maximum atomic E-state index is 5.25. The van der Waals surface area contributed by atoms with Crippen LogP contribution in [0.15, 0.2) is 10.8 Å². The molecule has 9 heavy (non-hydrogen) atoms. The summed E-state index contributed by atoms with van der Waals surface area (Å²) in [7, 11) is 0. The molecule has 4 nitrogen and oxygen atoms in total. The Bertz CT molecular complexity index is 184. The molecule has 0 saturated carbocycles. The third kappa shape index (κ3) is 1.76. The molecule has 0 amide bonds. The number of hydrogen-bond acceptors (Lipinski definition) is 3. The van der Waals surface area contributed by atoms with Crippen LogP contribution in [-0.2, 0) is 6.54 Å². The first-order valence-electron chi connectivity index (χ1n) is 2.58. The summed E-state index contributed by atoms with van der Waals surface area (Å²) in [6, 6.07) is 0. The van der Waals surface area contributed by atoms with E-state index >= 15 is 0 Å². The topological polar surface area (TPSA) is 56.7 Å². The molecule has 0 saturated heterocycles. The standard InChI is InChI=1S/C4H7BrN4/c5-4-3-7-9(8-4)2-1-6/h3H,1-2,6H2. The van der Waals surface area contributed by atoms with Crippen molar-refractivity contribution in [2.24, 2.45) is 5.73 Å². The van der Waals surface area contributed by atoms with Crippen molar-refractivity contribution in [3.05, 3.63) is 10.8 Å². The van der Waals surface area contributed by atoms with Crippen molar-refractivity contribution in [3.8, 4) is 0 Å². The summed E-state index contributed by atoms with van der Waals surface area (Å²) in [4.78, 5) is 1.55. The van der Waals surface area contributed by atoms with E-state index in [2.05, 4.69) is 26.1 Å². The molecule has 0 unspecified atom stereocenters. The molecular weight excluding hydrogens is 184 g/mol. The van der Waals surface area contributed by atoms with Crippen molar-refractivity contribution in [1.82, 2.24) is 15.0 Å². The van der Waals surface area contributed by atoms with Gasteiger partial charge in [0.2, 0.25) is 0 Å². The summed E-state index contributed by atoms with van der Waals surface area (Å²) < 4.78 is 0.746. The summed E-state index contributed by atoms with van der Waals surface area (Å²) in [6.45, 7) is 1.24. The van der Waals surface area contributed by atoms with Crippen LogP contribution in [0.5, 0.6) is 0 Å². The fourth-order valence-corrected chi connectivity index (χ4v) is 0.774. The van der Waals surface area contributed by atoms with E-state index in [1.807, 2.05) is 0 Å². The fraction of sp³-hybridized carbons (Fsp3) is 0.500. The SMILES string of the molecule is NCCn1ncc(Br)n1. The van der Waals surface area contributed by atoms with Crippen LogP contribution in [-0.4, -0.2) is 21.5 Å². The molecule has 0 aliphatic carbocycles. The van der Waals surface area contributed by atoms with Gasteiger partial charge in [0, 0.05) is 6.54 Å². The van der Waals surface area contributed by atoms with Gasteiger partial charge in [-0.25, -0.2) is 0 Å². The molecule has 0 bridgehead atoms. The lowest BCUT2D eigenvalue weighted by atomic mass is 10.7. The predicted molar refractivity (Wildman–Crippen MR) is 36.8 cm³/mol. The molecule has 0 aliphatic heterocycles. The van der Waals surface area contributed by atoms with Crippen molar-refractivity contribution >= 4 is 15.9 Å². The van der Waals surface area contributed by atoms with Gasteiger partial charge in [-0.1, -0.05) is 0 Å². The zero-order valence-electron chi connectivity index (χ0n) is 4.79. The Morgan fingerprint density at radius 3 is 3.00 bits per heavy atom. The summed E-state index contributed by atoms with van der Waals surface area (Å²) in [6.07, 6.45) is 1.63. The number of rotatable bonds is 2. The molecule has 0 aliphatic rings. The zero-order chi connectivity index (χ0) is 6.69. The Morgan fingerprint density at radius 2 is 2.56 bits per heavy atom. The molecule has 1 heterocycles. The molecule has 1 aromatic rings. The first kappa shape index (κ1) is 6.70. The van der Waals surface area contributed by atoms with Crippen molar-refractivity contribution in [2.75, 3.05) is 6.54 Å². The lowest BCUT2D eigenvalue weighted by Crippen LogP contribution is -2.11. The number of halogens is 1. The smallest absolute Gasteiger partial charge is 0.148 e. The van der Waals surface area contributed by atoms with E-state index in [0.29, 0.717) is 13.1 Å². The second-order valence-corrected chi connectivity index (χ2v) is 2.36. The van der Waals surface area contributed by atoms with Crippen molar-refractivity contribution in [2.45, 2.75) is 6.54 Å². The van der Waals surface area contributed by atoms with E-state index in [1.165, 1.54) is 0 Å². The van der Waals surface area contributed by atoms with Crippen LogP contribution in [0, 0.1) is 0 Å². The van der Waals surface area contributed by atoms with Gasteiger partial charge in [-0.2, -0.15) is 9.90 Å². The Morgan fingerprint density at radius 1 is 1.78 bits per heavy atom. The van der Waals surface area contributed by atoms with Crippen molar-refractivity contribution < 1.29 is 0 Å². The van der Waals surface area contributed by atoms with E-state index in [9.17, 15) is 0 Å². The summed E-state index contributed by atoms with van der Waals surface area (Å²) in [5.74, 6) is 0. The zero-order valence-corrected chi connectivity index (χ0v) is 6.37. The van der Waals surface area contributed by atoms with Crippen LogP contribution >= 0.6 is 15.9 Å². The maximum absolute atomic E-state index is 5.25. The second-order valence-electron chi connectivity index (χ2n) is 1.55. The normalized spacial score (nSPS) is 10.0. The second kappa shape index (κ2) is 2.93. The molecule has 0 atom stereocenters. The van der Waals surface area contributed by atoms with E-state index < -0.39 is 0 Å². The molecule has 50 valence electrons. The van der Waals surface area contributed by atoms with Crippen LogP contribution in [0.1, 0.15) is 0 Å². The third-order valence-corrected chi connectivity index (χ3v) is 1.20. The van der Waals surface area contributed by atoms with E-state index in [4.69, 9.17) is 5.73 Å². The highest BCUT2D eigenvalue weighted by Gasteiger charge is 1.92. The van der Waals surface area contributed by atoms with Gasteiger partial charge in [0.25, 0.3) is 0 Å². The van der Waals surface area contributed by atoms with Crippen molar-refractivity contribution in [1.29, 1.82) is 0 Å². The Hall–Kier alpha value is -0.420. The average Bonchev–Trinajstić information content (AvgIpc) is 2.17. The van der Waals surface area contributed by atoms with E-state index in [1.54, 1.807) is 11.0 Å². The first-order chi connectivity index (χ1) is 4.33. The minimum atomic E-state index is 0.571. The van der Waals surface area contributed by atoms with Gasteiger partial charge in [0.05, 0.1) is 12.7 Å². The van der Waals surface area contributed by atoms with Crippen LogP contribution in [0.25, 0.3) is 0 Å². The van der Waals surface area contributed by atoms with Gasteiger partial charge in [0.1, 0.15) is 4.60 Å². The molecule has 1 rings (SSSR count). The Kier molecular flexibility index (Phi) is 2.18. The predicted octanol–water partition coefficient (Wildman–Crippen LogP) is -0.000700. The maximum Gasteiger partial charge on any atom is 0.148 e. The number of hydrogen-bond donors (Lipinski definition) is 1. The number of aromatic nitrogens is 3. The molecule has 0 fully saturated rings. The van der Waals surface area contributed by atoms with Gasteiger partial charge in [-0.05, 0) is 15.9 Å². The highest BCUT2D eigenvalue weighted by molar-refractivity contribution is 9.10. The Labute approximate surface area is 61.2 Å². The lowest BCUT2D eigenvalue weighted by Gasteiger charge is -1.91. The van der Waals surface area contributed by atoms with Gasteiger partial charge in [-0.3, -0.25) is 0 Å². The molecule has 0 radical (unpaired) electrons.